The van der Waals surface area contributed by atoms with Gasteiger partial charge in [-0.1, -0.05) is 6.42 Å². The van der Waals surface area contributed by atoms with Crippen molar-refractivity contribution in [2.75, 3.05) is 7.11 Å². The standard InChI is InChI=1S/C19H26N4O2/c1-13-8-14-9-16(24-2)15(10-17(14)25-13)11-20-12-19-22-21-18-6-4-3-5-7-23(18)19/h9-10,13,20H,3-8,11-12H2,1-2H3/t13-/m1/s1. The number of nitrogens with zero attached hydrogens (tertiary/aromatic N) is 3. The second kappa shape index (κ2) is 7.04. The number of ether oxygens (including phenoxy) is 2. The Bertz CT molecular complexity index is 756. The number of aryl methyl sites for hydroxylation is 1. The number of fused-ring (bicyclic) bond motifs is 2. The number of nitrogens with one attached hydrogen (secondary N) is 1. The Kier molecular flexibility index (Phi) is 4.61. The first-order valence-corrected chi connectivity index (χ1v) is 9.22. The molecule has 2 aromatic rings. The molecule has 25 heavy (non-hydrogen) atoms. The molecule has 0 bridgehead atoms. The molecule has 0 amide bonds. The van der Waals surface area contributed by atoms with Gasteiger partial charge in [-0.05, 0) is 31.9 Å². The summed E-state index contributed by atoms with van der Waals surface area (Å²) in [4.78, 5) is 0. The van der Waals surface area contributed by atoms with Gasteiger partial charge in [0.25, 0.3) is 0 Å². The molecule has 134 valence electrons. The van der Waals surface area contributed by atoms with Gasteiger partial charge in [0.15, 0.2) is 0 Å². The van der Waals surface area contributed by atoms with Crippen LogP contribution in [0.25, 0.3) is 0 Å². The second-order valence-corrected chi connectivity index (χ2v) is 7.00. The molecule has 0 aliphatic carbocycles. The van der Waals surface area contributed by atoms with E-state index in [1.165, 1.54) is 24.8 Å². The van der Waals surface area contributed by atoms with E-state index in [2.05, 4.69) is 39.1 Å². The van der Waals surface area contributed by atoms with Crippen LogP contribution in [0, 0.1) is 0 Å². The van der Waals surface area contributed by atoms with E-state index in [-0.39, 0.29) is 6.10 Å². The highest BCUT2D eigenvalue weighted by Gasteiger charge is 2.21. The van der Waals surface area contributed by atoms with Gasteiger partial charge in [-0.3, -0.25) is 0 Å². The SMILES string of the molecule is COc1cc2c(cc1CNCc1nnc3n1CCCCC3)O[C@H](C)C2. The summed E-state index contributed by atoms with van der Waals surface area (Å²) in [6.45, 7) is 4.57. The van der Waals surface area contributed by atoms with Gasteiger partial charge in [-0.25, -0.2) is 0 Å². The van der Waals surface area contributed by atoms with Crippen molar-refractivity contribution >= 4 is 0 Å². The van der Waals surface area contributed by atoms with Crippen LogP contribution in [-0.4, -0.2) is 28.0 Å². The van der Waals surface area contributed by atoms with Gasteiger partial charge in [0, 0.05) is 37.1 Å². The maximum Gasteiger partial charge on any atom is 0.147 e. The molecule has 1 N–H and O–H groups in total. The first-order valence-electron chi connectivity index (χ1n) is 9.22. The summed E-state index contributed by atoms with van der Waals surface area (Å²) in [6.07, 6.45) is 5.95. The number of methoxy groups -OCH3 is 1. The Morgan fingerprint density at radius 2 is 2.16 bits per heavy atom. The van der Waals surface area contributed by atoms with Crippen molar-refractivity contribution in [1.29, 1.82) is 0 Å². The monoisotopic (exact) mass is 342 g/mol. The molecular formula is C19H26N4O2. The maximum atomic E-state index is 5.88. The fraction of sp³-hybridized carbons (Fsp3) is 0.579. The molecule has 6 nitrogen and oxygen atoms in total. The minimum absolute atomic E-state index is 0.245. The van der Waals surface area contributed by atoms with Gasteiger partial charge >= 0.3 is 0 Å². The zero-order valence-corrected chi connectivity index (χ0v) is 15.0. The van der Waals surface area contributed by atoms with Gasteiger partial charge in [0.1, 0.15) is 29.3 Å². The van der Waals surface area contributed by atoms with E-state index >= 15 is 0 Å². The summed E-state index contributed by atoms with van der Waals surface area (Å²) in [7, 11) is 1.73. The first kappa shape index (κ1) is 16.4. The van der Waals surface area contributed by atoms with Gasteiger partial charge in [-0.2, -0.15) is 0 Å². The fourth-order valence-corrected chi connectivity index (χ4v) is 3.79. The molecule has 3 heterocycles. The van der Waals surface area contributed by atoms with Gasteiger partial charge in [0.2, 0.25) is 0 Å². The summed E-state index contributed by atoms with van der Waals surface area (Å²) in [5.74, 6) is 4.07. The van der Waals surface area contributed by atoms with Crippen LogP contribution >= 0.6 is 0 Å². The van der Waals surface area contributed by atoms with Crippen LogP contribution in [0.5, 0.6) is 11.5 Å². The largest absolute Gasteiger partial charge is 0.496 e. The molecule has 0 saturated carbocycles. The van der Waals surface area contributed by atoms with Crippen LogP contribution in [0.1, 0.15) is 49.0 Å². The summed E-state index contributed by atoms with van der Waals surface area (Å²) in [5, 5.41) is 12.2. The lowest BCUT2D eigenvalue weighted by Gasteiger charge is -2.12. The fourth-order valence-electron chi connectivity index (χ4n) is 3.79. The Balaban J connectivity index is 1.44. The van der Waals surface area contributed by atoms with Gasteiger partial charge in [0.05, 0.1) is 13.7 Å². The summed E-state index contributed by atoms with van der Waals surface area (Å²) in [6, 6.07) is 4.22. The van der Waals surface area contributed by atoms with Gasteiger partial charge in [-0.15, -0.1) is 10.2 Å². The zero-order chi connectivity index (χ0) is 17.2. The molecule has 0 radical (unpaired) electrons. The third-order valence-electron chi connectivity index (χ3n) is 5.08. The average molecular weight is 342 g/mol. The molecule has 4 rings (SSSR count). The third kappa shape index (κ3) is 3.35. The highest BCUT2D eigenvalue weighted by atomic mass is 16.5. The molecule has 0 saturated heterocycles. The predicted molar refractivity (Wildman–Crippen MR) is 94.9 cm³/mol. The highest BCUT2D eigenvalue weighted by molar-refractivity contribution is 5.48. The van der Waals surface area contributed by atoms with E-state index in [4.69, 9.17) is 9.47 Å². The van der Waals surface area contributed by atoms with Crippen molar-refractivity contribution in [2.45, 2.75) is 64.8 Å². The predicted octanol–water partition coefficient (Wildman–Crippen LogP) is 2.63. The molecule has 1 aromatic heterocycles. The van der Waals surface area contributed by atoms with Crippen molar-refractivity contribution in [3.63, 3.8) is 0 Å². The lowest BCUT2D eigenvalue weighted by atomic mass is 10.1. The van der Waals surface area contributed by atoms with E-state index < -0.39 is 0 Å². The van der Waals surface area contributed by atoms with E-state index in [1.807, 2.05) is 0 Å². The molecule has 0 spiro atoms. The molecule has 1 aromatic carbocycles. The Labute approximate surface area is 148 Å². The van der Waals surface area contributed by atoms with E-state index in [0.29, 0.717) is 6.54 Å². The van der Waals surface area contributed by atoms with Crippen LogP contribution in [0.4, 0.5) is 0 Å². The average Bonchev–Trinajstić information content (AvgIpc) is 3.07. The van der Waals surface area contributed by atoms with Crippen molar-refractivity contribution < 1.29 is 9.47 Å². The van der Waals surface area contributed by atoms with Crippen LogP contribution in [-0.2, 0) is 32.5 Å². The number of hydrogen-bond donors (Lipinski definition) is 1. The zero-order valence-electron chi connectivity index (χ0n) is 15.0. The van der Waals surface area contributed by atoms with Crippen molar-refractivity contribution in [3.8, 4) is 11.5 Å². The van der Waals surface area contributed by atoms with Gasteiger partial charge < -0.3 is 19.4 Å². The second-order valence-electron chi connectivity index (χ2n) is 7.00. The Hall–Kier alpha value is -2.08. The van der Waals surface area contributed by atoms with E-state index in [0.717, 1.165) is 54.6 Å². The van der Waals surface area contributed by atoms with Crippen molar-refractivity contribution in [3.05, 3.63) is 34.9 Å². The van der Waals surface area contributed by atoms with Crippen LogP contribution in [0.15, 0.2) is 12.1 Å². The molecule has 2 aliphatic heterocycles. The Morgan fingerprint density at radius 3 is 3.04 bits per heavy atom. The summed E-state index contributed by atoms with van der Waals surface area (Å²) < 4.78 is 13.7. The highest BCUT2D eigenvalue weighted by Crippen LogP contribution is 2.34. The maximum absolute atomic E-state index is 5.88. The lowest BCUT2D eigenvalue weighted by Crippen LogP contribution is -2.18. The van der Waals surface area contributed by atoms with Crippen molar-refractivity contribution in [1.82, 2.24) is 20.1 Å². The Morgan fingerprint density at radius 1 is 1.24 bits per heavy atom. The number of aromatic nitrogens is 3. The van der Waals surface area contributed by atoms with E-state index in [9.17, 15) is 0 Å². The quantitative estimate of drug-likeness (QED) is 0.905. The molecule has 0 unspecified atom stereocenters. The first-order chi connectivity index (χ1) is 12.2. The molecule has 1 atom stereocenters. The topological polar surface area (TPSA) is 61.2 Å². The molecule has 0 fully saturated rings. The number of benzene rings is 1. The smallest absolute Gasteiger partial charge is 0.147 e. The van der Waals surface area contributed by atoms with Crippen molar-refractivity contribution in [2.24, 2.45) is 0 Å². The van der Waals surface area contributed by atoms with Crippen LogP contribution < -0.4 is 14.8 Å². The molecule has 6 heteroatoms. The van der Waals surface area contributed by atoms with Crippen LogP contribution in [0.2, 0.25) is 0 Å². The molecule has 2 aliphatic rings. The minimum Gasteiger partial charge on any atom is -0.496 e. The third-order valence-corrected chi connectivity index (χ3v) is 5.08. The number of hydrogen-bond acceptors (Lipinski definition) is 5. The lowest BCUT2D eigenvalue weighted by molar-refractivity contribution is 0.254. The minimum atomic E-state index is 0.245. The summed E-state index contributed by atoms with van der Waals surface area (Å²) >= 11 is 0. The normalized spacial score (nSPS) is 19.0. The number of rotatable bonds is 5. The summed E-state index contributed by atoms with van der Waals surface area (Å²) in [5.41, 5.74) is 2.35. The van der Waals surface area contributed by atoms with E-state index in [1.54, 1.807) is 7.11 Å². The van der Waals surface area contributed by atoms with Crippen LogP contribution in [0.3, 0.4) is 0 Å². The molecular weight excluding hydrogens is 316 g/mol.